The van der Waals surface area contributed by atoms with Crippen LogP contribution in [0.5, 0.6) is 0 Å². The molecule has 4 fully saturated rings. The number of carbonyl (C=O) groups is 4. The Morgan fingerprint density at radius 2 is 1.23 bits per heavy atom. The number of imidazole rings is 2. The molecule has 0 bridgehead atoms. The Morgan fingerprint density at radius 3 is 1.70 bits per heavy atom. The summed E-state index contributed by atoms with van der Waals surface area (Å²) in [6, 6.07) is 13.3. The Labute approximate surface area is 383 Å². The molecule has 14 nitrogen and oxygen atoms in total. The summed E-state index contributed by atoms with van der Waals surface area (Å²) in [6.07, 6.45) is 5.35. The van der Waals surface area contributed by atoms with E-state index < -0.39 is 35.7 Å². The van der Waals surface area contributed by atoms with Crippen LogP contribution in [0.25, 0.3) is 22.1 Å². The smallest absolute Gasteiger partial charge is 0.407 e. The molecule has 3 aliphatic heterocycles. The van der Waals surface area contributed by atoms with Crippen LogP contribution < -0.4 is 10.2 Å². The lowest BCUT2D eigenvalue weighted by atomic mass is 9.91. The van der Waals surface area contributed by atoms with Crippen molar-refractivity contribution in [3.8, 4) is 0 Å². The van der Waals surface area contributed by atoms with Gasteiger partial charge in [-0.3, -0.25) is 14.4 Å². The van der Waals surface area contributed by atoms with Crippen molar-refractivity contribution in [1.29, 1.82) is 0 Å². The Bertz CT molecular complexity index is 2490. The lowest BCUT2D eigenvalue weighted by Crippen LogP contribution is -2.51. The number of amides is 3. The number of alkyl carbamates (subject to hydrolysis) is 1. The number of hydrogen-bond donors (Lipinski definition) is 3. The molecule has 66 heavy (non-hydrogen) atoms. The Balaban J connectivity index is 1.02. The maximum atomic E-state index is 16.0. The SMILES string of the molecule is COC(=O)C[C@H](C(=O)N1CCC[C@H]1c1nc2ccc([C@H]3CC[C@H](c4ccc5nc([C@@H]6CCCN6C(=O)[C@@H](NC(=O)OC)C(C)C)[nH]c5c4)N3c3cc(F)c(C4CC4)c(F)c3)cc2[nH]1)C(C)C. The minimum Gasteiger partial charge on any atom is -0.469 e. The quantitative estimate of drug-likeness (QED) is 0.0977. The molecular weight excluding hydrogens is 847 g/mol. The van der Waals surface area contributed by atoms with Crippen LogP contribution in [-0.2, 0) is 23.9 Å². The van der Waals surface area contributed by atoms with Crippen LogP contribution in [0.3, 0.4) is 0 Å². The van der Waals surface area contributed by atoms with Crippen LogP contribution in [0.1, 0.15) is 144 Å². The van der Waals surface area contributed by atoms with Crippen LogP contribution >= 0.6 is 0 Å². The minimum atomic E-state index is -0.754. The highest BCUT2D eigenvalue weighted by Gasteiger charge is 2.41. The van der Waals surface area contributed by atoms with Gasteiger partial charge in [-0.05, 0) is 117 Å². The molecule has 350 valence electrons. The molecule has 0 spiro atoms. The van der Waals surface area contributed by atoms with E-state index in [-0.39, 0.29) is 65.7 Å². The fraction of sp³-hybridized carbons (Fsp3) is 0.520. The van der Waals surface area contributed by atoms with Crippen molar-refractivity contribution in [2.75, 3.05) is 32.2 Å². The number of anilines is 1. The second kappa shape index (κ2) is 18.3. The number of likely N-dealkylation sites (tertiary alicyclic amines) is 2. The molecule has 3 N–H and O–H groups in total. The van der Waals surface area contributed by atoms with Crippen molar-refractivity contribution >= 4 is 51.6 Å². The average Bonchev–Trinajstić information content (AvgIpc) is 3.86. The van der Waals surface area contributed by atoms with Gasteiger partial charge in [-0.2, -0.15) is 0 Å². The number of rotatable bonds is 13. The lowest BCUT2D eigenvalue weighted by molar-refractivity contribution is -0.148. The van der Waals surface area contributed by atoms with Crippen LogP contribution in [-0.4, -0.2) is 87.0 Å². The zero-order valence-electron chi connectivity index (χ0n) is 38.5. The summed E-state index contributed by atoms with van der Waals surface area (Å²) in [6.45, 7) is 8.76. The van der Waals surface area contributed by atoms with Gasteiger partial charge in [0.15, 0.2) is 0 Å². The van der Waals surface area contributed by atoms with E-state index in [1.807, 2.05) is 56.9 Å². The van der Waals surface area contributed by atoms with Gasteiger partial charge in [0, 0.05) is 24.3 Å². The van der Waals surface area contributed by atoms with E-state index in [0.717, 1.165) is 65.3 Å². The fourth-order valence-corrected chi connectivity index (χ4v) is 10.7. The molecule has 4 aliphatic rings. The third kappa shape index (κ3) is 8.58. The molecule has 16 heteroatoms. The van der Waals surface area contributed by atoms with Gasteiger partial charge in [-0.15, -0.1) is 0 Å². The first-order chi connectivity index (χ1) is 31.7. The van der Waals surface area contributed by atoms with Crippen molar-refractivity contribution in [3.05, 3.63) is 88.5 Å². The second-order valence-corrected chi connectivity index (χ2v) is 19.3. The topological polar surface area (TPSA) is 166 Å². The molecule has 0 radical (unpaired) electrons. The van der Waals surface area contributed by atoms with E-state index in [9.17, 15) is 19.2 Å². The molecule has 1 saturated carbocycles. The van der Waals surface area contributed by atoms with E-state index in [0.29, 0.717) is 49.7 Å². The summed E-state index contributed by atoms with van der Waals surface area (Å²) in [5.74, 6) is -1.21. The summed E-state index contributed by atoms with van der Waals surface area (Å²) in [5, 5.41) is 2.71. The maximum absolute atomic E-state index is 16.0. The highest BCUT2D eigenvalue weighted by Crippen LogP contribution is 2.50. The summed E-state index contributed by atoms with van der Waals surface area (Å²) in [7, 11) is 2.61. The number of nitrogens with one attached hydrogen (secondary N) is 3. The molecule has 2 aromatic heterocycles. The number of esters is 1. The first-order valence-electron chi connectivity index (χ1n) is 23.5. The van der Waals surface area contributed by atoms with E-state index in [2.05, 4.69) is 32.3 Å². The first kappa shape index (κ1) is 45.1. The summed E-state index contributed by atoms with van der Waals surface area (Å²) < 4.78 is 41.6. The van der Waals surface area contributed by atoms with Gasteiger partial charge in [0.2, 0.25) is 11.8 Å². The van der Waals surface area contributed by atoms with Crippen molar-refractivity contribution in [3.63, 3.8) is 0 Å². The highest BCUT2D eigenvalue weighted by atomic mass is 19.1. The van der Waals surface area contributed by atoms with E-state index in [4.69, 9.17) is 19.4 Å². The monoisotopic (exact) mass is 906 g/mol. The van der Waals surface area contributed by atoms with Gasteiger partial charge in [0.05, 0.1) is 72.8 Å². The number of aromatic amines is 2. The maximum Gasteiger partial charge on any atom is 0.407 e. The summed E-state index contributed by atoms with van der Waals surface area (Å²) >= 11 is 0. The minimum absolute atomic E-state index is 0.0196. The van der Waals surface area contributed by atoms with Crippen molar-refractivity contribution in [1.82, 2.24) is 35.1 Å². The van der Waals surface area contributed by atoms with E-state index in [1.165, 1.54) is 26.4 Å². The van der Waals surface area contributed by atoms with Gasteiger partial charge >= 0.3 is 12.1 Å². The molecule has 0 unspecified atom stereocenters. The number of methoxy groups -OCH3 is 2. The van der Waals surface area contributed by atoms with Gasteiger partial charge < -0.3 is 39.5 Å². The number of H-pyrrole nitrogens is 2. The predicted octanol–water partition coefficient (Wildman–Crippen LogP) is 9.22. The van der Waals surface area contributed by atoms with E-state index >= 15 is 8.78 Å². The number of fused-ring (bicyclic) bond motifs is 2. The Hall–Kier alpha value is -6.06. The number of benzene rings is 3. The molecule has 3 amide bonds. The normalized spacial score (nSPS) is 21.9. The van der Waals surface area contributed by atoms with Crippen molar-refractivity contribution in [2.24, 2.45) is 17.8 Å². The van der Waals surface area contributed by atoms with E-state index in [1.54, 1.807) is 4.90 Å². The first-order valence-corrected chi connectivity index (χ1v) is 23.5. The van der Waals surface area contributed by atoms with Gasteiger partial charge in [-0.25, -0.2) is 23.5 Å². The summed E-state index contributed by atoms with van der Waals surface area (Å²) in [4.78, 5) is 74.9. The van der Waals surface area contributed by atoms with Crippen LogP contribution in [0.4, 0.5) is 19.3 Å². The van der Waals surface area contributed by atoms with Gasteiger partial charge in [0.1, 0.15) is 29.3 Å². The third-order valence-corrected chi connectivity index (χ3v) is 14.4. The largest absolute Gasteiger partial charge is 0.469 e. The van der Waals surface area contributed by atoms with Crippen LogP contribution in [0.2, 0.25) is 0 Å². The number of hydrogen-bond acceptors (Lipinski definition) is 9. The standard InChI is InChI=1S/C50H60F2N8O6/c1-26(2)32(25-43(61)65-5)48(62)58-19-7-9-41(58)46-53-35-15-13-29(21-37(35)55-46)39-17-18-40(60(39)31-23-33(51)44(28-11-12-28)34(52)24-31)30-14-16-36-38(22-30)56-47(54-36)42-10-8-20-59(42)49(63)45(27(3)4)57-50(64)66-6/h13-16,21-24,26-28,32,39-42,45H,7-12,17-20,25H2,1-6H3,(H,53,55)(H,54,56)(H,57,64)/t32-,39+,40+,41-,42-,45-/m0/s1. The fourth-order valence-electron chi connectivity index (χ4n) is 10.7. The zero-order chi connectivity index (χ0) is 46.6. The highest BCUT2D eigenvalue weighted by molar-refractivity contribution is 5.87. The molecule has 3 aromatic carbocycles. The third-order valence-electron chi connectivity index (χ3n) is 14.4. The second-order valence-electron chi connectivity index (χ2n) is 19.3. The molecule has 1 aliphatic carbocycles. The number of ether oxygens (including phenoxy) is 2. The summed E-state index contributed by atoms with van der Waals surface area (Å²) in [5.41, 5.74) is 5.61. The van der Waals surface area contributed by atoms with Crippen LogP contribution in [0, 0.1) is 29.4 Å². The average molecular weight is 907 g/mol. The molecule has 3 saturated heterocycles. The number of aromatic nitrogens is 4. The Kier molecular flexibility index (Phi) is 12.5. The van der Waals surface area contributed by atoms with Gasteiger partial charge in [0.25, 0.3) is 0 Å². The van der Waals surface area contributed by atoms with Crippen LogP contribution in [0.15, 0.2) is 48.5 Å². The predicted molar refractivity (Wildman–Crippen MR) is 244 cm³/mol. The van der Waals surface area contributed by atoms with Crippen molar-refractivity contribution < 1.29 is 37.4 Å². The molecule has 6 atom stereocenters. The number of nitrogens with zero attached hydrogens (tertiary/aromatic N) is 5. The van der Waals surface area contributed by atoms with Crippen molar-refractivity contribution in [2.45, 2.75) is 122 Å². The lowest BCUT2D eigenvalue weighted by Gasteiger charge is -2.33. The zero-order valence-corrected chi connectivity index (χ0v) is 38.5. The number of halogens is 2. The number of carbonyl (C=O) groups excluding carboxylic acids is 4. The molecule has 5 aromatic rings. The molecule has 9 rings (SSSR count). The van der Waals surface area contributed by atoms with Gasteiger partial charge in [-0.1, -0.05) is 39.8 Å². The Morgan fingerprint density at radius 1 is 0.697 bits per heavy atom. The molecule has 5 heterocycles. The molecular formula is C50H60F2N8O6.